The summed E-state index contributed by atoms with van der Waals surface area (Å²) in [6.07, 6.45) is -2.85. The van der Waals surface area contributed by atoms with Crippen LogP contribution in [-0.2, 0) is 24.8 Å². The van der Waals surface area contributed by atoms with Gasteiger partial charge in [-0.3, -0.25) is 9.13 Å². The lowest BCUT2D eigenvalue weighted by Gasteiger charge is -2.18. The number of fused-ring (bicyclic) bond motifs is 2. The average molecular weight is 593 g/mol. The fraction of sp³-hybridized carbons (Fsp3) is 0.429. The van der Waals surface area contributed by atoms with Crippen molar-refractivity contribution in [2.24, 2.45) is 0 Å². The van der Waals surface area contributed by atoms with Gasteiger partial charge in [0.1, 0.15) is 29.3 Å². The molecule has 38 heavy (non-hydrogen) atoms. The highest BCUT2D eigenvalue weighted by Crippen LogP contribution is 2.55. The lowest BCUT2D eigenvalue weighted by Crippen LogP contribution is -2.33. The lowest BCUT2D eigenvalue weighted by molar-refractivity contribution is -0.0541. The van der Waals surface area contributed by atoms with Gasteiger partial charge in [-0.1, -0.05) is 17.7 Å². The molecular formula is C21H24ClFN4O9P2. The molecule has 2 aromatic heterocycles. The number of aliphatic hydroxyl groups excluding tert-OH is 2. The number of aryl methyl sites for hydroxylation is 1. The van der Waals surface area contributed by atoms with E-state index in [4.69, 9.17) is 30.6 Å². The number of aromatic nitrogens is 3. The first-order valence-corrected chi connectivity index (χ1v) is 15.4. The van der Waals surface area contributed by atoms with Gasteiger partial charge >= 0.3 is 15.2 Å². The minimum absolute atomic E-state index is 0.102. The number of nitrogens with one attached hydrogen (secondary N) is 1. The van der Waals surface area contributed by atoms with E-state index in [9.17, 15) is 28.6 Å². The van der Waals surface area contributed by atoms with Crippen LogP contribution in [0.1, 0.15) is 29.8 Å². The molecule has 1 unspecified atom stereocenters. The predicted molar refractivity (Wildman–Crippen MR) is 132 cm³/mol. The molecule has 1 aromatic carbocycles. The van der Waals surface area contributed by atoms with Crippen LogP contribution >= 0.6 is 26.8 Å². The number of benzene rings is 1. The zero-order chi connectivity index (χ0) is 27.4. The van der Waals surface area contributed by atoms with Crippen molar-refractivity contribution < 1.29 is 47.7 Å². The lowest BCUT2D eigenvalue weighted by atomic mass is 10.1. The van der Waals surface area contributed by atoms with E-state index >= 15 is 0 Å². The molecule has 13 nitrogen and oxygen atoms in total. The number of halogens is 2. The van der Waals surface area contributed by atoms with Gasteiger partial charge in [0.05, 0.1) is 29.9 Å². The van der Waals surface area contributed by atoms with Gasteiger partial charge in [-0.2, -0.15) is 5.10 Å². The minimum atomic E-state index is -4.84. The third kappa shape index (κ3) is 5.66. The van der Waals surface area contributed by atoms with E-state index in [0.717, 1.165) is 17.5 Å². The van der Waals surface area contributed by atoms with Crippen molar-refractivity contribution >= 4 is 43.5 Å². The maximum absolute atomic E-state index is 13.6. The van der Waals surface area contributed by atoms with Crippen LogP contribution in [0.3, 0.4) is 0 Å². The van der Waals surface area contributed by atoms with Crippen molar-refractivity contribution in [3.05, 3.63) is 52.6 Å². The standard InChI is InChI=1S/C21H24ClFN4O9P2/c22-17-6-15(25-14-4-1-10-5-11(23)2-3-12(10)14)13-7-24-27(20(13)26-17)21-19(29)18(28)16(36-21)8-35-38(33,34)9-37(30,31)32/h2-3,5-7,14,16,18-19,21,28-29H,1,4,8-9H2,(H,25,26)(H,33,34)(H2,30,31,32)/t14-,16-,18-,19-,21-/m1/s1. The van der Waals surface area contributed by atoms with Crippen molar-refractivity contribution in [3.63, 3.8) is 0 Å². The fourth-order valence-corrected chi connectivity index (χ4v) is 7.51. The molecule has 0 saturated carbocycles. The number of hydrogen-bond acceptors (Lipinski definition) is 9. The number of ether oxygens (including phenoxy) is 1. The molecule has 1 aliphatic heterocycles. The van der Waals surface area contributed by atoms with Crippen LogP contribution in [0.25, 0.3) is 11.0 Å². The molecule has 0 bridgehead atoms. The van der Waals surface area contributed by atoms with Gasteiger partial charge < -0.3 is 39.5 Å². The Kier molecular flexibility index (Phi) is 7.42. The highest BCUT2D eigenvalue weighted by Gasteiger charge is 2.46. The Balaban J connectivity index is 1.37. The van der Waals surface area contributed by atoms with Gasteiger partial charge in [-0.25, -0.2) is 14.1 Å². The van der Waals surface area contributed by atoms with E-state index in [2.05, 4.69) is 15.4 Å². The second kappa shape index (κ2) is 10.2. The van der Waals surface area contributed by atoms with Crippen molar-refractivity contribution in [2.75, 3.05) is 17.8 Å². The van der Waals surface area contributed by atoms with Crippen LogP contribution in [0.5, 0.6) is 0 Å². The second-order valence-corrected chi connectivity index (χ2v) is 13.6. The van der Waals surface area contributed by atoms with Crippen LogP contribution in [-0.4, -0.2) is 70.5 Å². The minimum Gasteiger partial charge on any atom is -0.387 e. The first-order chi connectivity index (χ1) is 17.8. The monoisotopic (exact) mass is 592 g/mol. The summed E-state index contributed by atoms with van der Waals surface area (Å²) in [5, 5.41) is 29.3. The number of aliphatic hydroxyl groups is 2. The third-order valence-corrected chi connectivity index (χ3v) is 10.1. The van der Waals surface area contributed by atoms with Gasteiger partial charge in [0.15, 0.2) is 17.8 Å². The van der Waals surface area contributed by atoms with E-state index in [1.807, 2.05) is 0 Å². The molecule has 2 aliphatic rings. The van der Waals surface area contributed by atoms with Crippen molar-refractivity contribution in [1.82, 2.24) is 14.8 Å². The first kappa shape index (κ1) is 27.6. The summed E-state index contributed by atoms with van der Waals surface area (Å²) in [5.41, 5.74) is 2.66. The number of anilines is 1. The first-order valence-electron chi connectivity index (χ1n) is 11.4. The summed E-state index contributed by atoms with van der Waals surface area (Å²) in [6, 6.07) is 6.13. The summed E-state index contributed by atoms with van der Waals surface area (Å²) in [4.78, 5) is 31.8. The molecule has 6 atom stereocenters. The predicted octanol–water partition coefficient (Wildman–Crippen LogP) is 2.28. The fourth-order valence-electron chi connectivity index (χ4n) is 4.75. The van der Waals surface area contributed by atoms with Gasteiger partial charge in [0.25, 0.3) is 0 Å². The van der Waals surface area contributed by atoms with E-state index < -0.39 is 52.2 Å². The zero-order valence-corrected chi connectivity index (χ0v) is 22.0. The smallest absolute Gasteiger partial charge is 0.340 e. The molecule has 206 valence electrons. The Morgan fingerprint density at radius 1 is 1.21 bits per heavy atom. The summed E-state index contributed by atoms with van der Waals surface area (Å²) in [5.74, 6) is -1.71. The Labute approximate surface area is 219 Å². The maximum atomic E-state index is 13.6. The van der Waals surface area contributed by atoms with Crippen LogP contribution in [0.15, 0.2) is 30.5 Å². The number of rotatable bonds is 8. The van der Waals surface area contributed by atoms with Crippen LogP contribution in [0.4, 0.5) is 10.1 Å². The molecule has 0 radical (unpaired) electrons. The average Bonchev–Trinajstić information content (AvgIpc) is 3.47. The van der Waals surface area contributed by atoms with Gasteiger partial charge in [-0.15, -0.1) is 0 Å². The van der Waals surface area contributed by atoms with E-state index in [0.29, 0.717) is 17.5 Å². The number of nitrogens with zero attached hydrogens (tertiary/aromatic N) is 3. The molecule has 5 rings (SSSR count). The summed E-state index contributed by atoms with van der Waals surface area (Å²) in [6.45, 7) is -0.732. The third-order valence-electron chi connectivity index (χ3n) is 6.43. The molecule has 6 N–H and O–H groups in total. The Morgan fingerprint density at radius 3 is 2.71 bits per heavy atom. The van der Waals surface area contributed by atoms with Crippen molar-refractivity contribution in [3.8, 4) is 0 Å². The molecule has 0 spiro atoms. The summed E-state index contributed by atoms with van der Waals surface area (Å²) >= 11 is 6.28. The second-order valence-electron chi connectivity index (χ2n) is 9.18. The van der Waals surface area contributed by atoms with Crippen LogP contribution in [0.2, 0.25) is 5.15 Å². The van der Waals surface area contributed by atoms with Crippen LogP contribution in [0, 0.1) is 5.82 Å². The maximum Gasteiger partial charge on any atom is 0.340 e. The normalized spacial score (nSPS) is 27.0. The molecule has 1 aliphatic carbocycles. The van der Waals surface area contributed by atoms with Crippen molar-refractivity contribution in [2.45, 2.75) is 43.4 Å². The quantitative estimate of drug-likeness (QED) is 0.165. The Hall–Kier alpha value is -1.96. The highest BCUT2D eigenvalue weighted by atomic mass is 35.5. The molecule has 0 amide bonds. The molecular weight excluding hydrogens is 569 g/mol. The molecule has 3 heterocycles. The molecule has 1 fully saturated rings. The van der Waals surface area contributed by atoms with Crippen molar-refractivity contribution in [1.29, 1.82) is 0 Å². The van der Waals surface area contributed by atoms with E-state index in [-0.39, 0.29) is 22.7 Å². The Morgan fingerprint density at radius 2 is 1.97 bits per heavy atom. The van der Waals surface area contributed by atoms with Gasteiger partial charge in [0.2, 0.25) is 0 Å². The zero-order valence-electron chi connectivity index (χ0n) is 19.5. The van der Waals surface area contributed by atoms with E-state index in [1.165, 1.54) is 23.0 Å². The molecule has 17 heteroatoms. The number of pyridine rings is 1. The van der Waals surface area contributed by atoms with Crippen LogP contribution < -0.4 is 5.32 Å². The number of hydrogen-bond donors (Lipinski definition) is 6. The van der Waals surface area contributed by atoms with Gasteiger partial charge in [-0.05, 0) is 42.2 Å². The largest absolute Gasteiger partial charge is 0.387 e. The summed E-state index contributed by atoms with van der Waals surface area (Å²) < 4.78 is 48.2. The molecule has 3 aromatic rings. The topological polar surface area (TPSA) is 196 Å². The highest BCUT2D eigenvalue weighted by molar-refractivity contribution is 7.70. The summed E-state index contributed by atoms with van der Waals surface area (Å²) in [7, 11) is -9.55. The molecule has 1 saturated heterocycles. The van der Waals surface area contributed by atoms with E-state index in [1.54, 1.807) is 12.1 Å². The Bertz CT molecular complexity index is 1470. The SMILES string of the molecule is O=P(O)(O)CP(=O)(O)OC[C@H]1O[C@@H](n2ncc3c(N[C@@H]4CCc5cc(F)ccc54)cc(Cl)nc32)[C@H](O)[C@@H]1O. The van der Waals surface area contributed by atoms with Gasteiger partial charge in [0, 0.05) is 0 Å².